The molecule has 2 N–H and O–H groups in total. The zero-order valence-electron chi connectivity index (χ0n) is 11.4. The molecule has 1 aliphatic rings. The molecule has 106 valence electrons. The maximum absolute atomic E-state index is 12.0. The number of hydrazone groups is 1. The molecule has 3 rings (SSSR count). The predicted molar refractivity (Wildman–Crippen MR) is 81.1 cm³/mol. The van der Waals surface area contributed by atoms with E-state index in [0.717, 1.165) is 12.0 Å². The van der Waals surface area contributed by atoms with Crippen LogP contribution in [-0.4, -0.2) is 17.2 Å². The summed E-state index contributed by atoms with van der Waals surface area (Å²) < 4.78 is 0. The molecule has 2 atom stereocenters. The van der Waals surface area contributed by atoms with E-state index >= 15 is 0 Å². The van der Waals surface area contributed by atoms with E-state index in [-0.39, 0.29) is 17.6 Å². The second-order valence-corrected chi connectivity index (χ2v) is 5.19. The molecule has 4 heteroatoms. The fraction of sp³-hybridized carbons (Fsp3) is 0.176. The summed E-state index contributed by atoms with van der Waals surface area (Å²) in [6.45, 7) is 0. The summed E-state index contributed by atoms with van der Waals surface area (Å²) in [7, 11) is 0. The maximum atomic E-state index is 12.0. The lowest BCUT2D eigenvalue weighted by molar-refractivity contribution is -0.122. The lowest BCUT2D eigenvalue weighted by atomic mass is 10.1. The first-order chi connectivity index (χ1) is 10.2. The van der Waals surface area contributed by atoms with Gasteiger partial charge in [0.05, 0.1) is 6.21 Å². The molecule has 0 spiro atoms. The molecule has 0 unspecified atom stereocenters. The molecule has 0 aromatic heterocycles. The molecular formula is C17H16N2O2. The SMILES string of the molecule is O=C(NN=Cc1ccc(O)cc1)[C@H]1C[C@@H]1c1ccccc1. The molecule has 1 fully saturated rings. The van der Waals surface area contributed by atoms with E-state index in [0.29, 0.717) is 5.92 Å². The third-order valence-electron chi connectivity index (χ3n) is 3.64. The largest absolute Gasteiger partial charge is 0.508 e. The van der Waals surface area contributed by atoms with Crippen molar-refractivity contribution in [2.75, 3.05) is 0 Å². The number of rotatable bonds is 4. The van der Waals surface area contributed by atoms with E-state index in [9.17, 15) is 9.90 Å². The van der Waals surface area contributed by atoms with E-state index in [1.165, 1.54) is 5.56 Å². The quantitative estimate of drug-likeness (QED) is 0.668. The van der Waals surface area contributed by atoms with Crippen molar-refractivity contribution in [3.8, 4) is 5.75 Å². The molecule has 1 aliphatic carbocycles. The minimum Gasteiger partial charge on any atom is -0.508 e. The van der Waals surface area contributed by atoms with Crippen LogP contribution < -0.4 is 5.43 Å². The topological polar surface area (TPSA) is 61.7 Å². The average Bonchev–Trinajstić information content (AvgIpc) is 3.31. The standard InChI is InChI=1S/C17H16N2O2/c20-14-8-6-12(7-9-14)11-18-19-17(21)16-10-15(16)13-4-2-1-3-5-13/h1-9,11,15-16,20H,10H2,(H,19,21)/t15-,16+/m1/s1. The van der Waals surface area contributed by atoms with Crippen LogP contribution >= 0.6 is 0 Å². The molecule has 2 aromatic rings. The highest BCUT2D eigenvalue weighted by atomic mass is 16.3. The van der Waals surface area contributed by atoms with Crippen molar-refractivity contribution in [2.24, 2.45) is 11.0 Å². The molecule has 0 saturated heterocycles. The van der Waals surface area contributed by atoms with Gasteiger partial charge in [-0.2, -0.15) is 5.10 Å². The van der Waals surface area contributed by atoms with Crippen molar-refractivity contribution < 1.29 is 9.90 Å². The van der Waals surface area contributed by atoms with Gasteiger partial charge in [0.2, 0.25) is 5.91 Å². The van der Waals surface area contributed by atoms with Crippen molar-refractivity contribution in [1.82, 2.24) is 5.43 Å². The Morgan fingerprint density at radius 2 is 1.86 bits per heavy atom. The van der Waals surface area contributed by atoms with Gasteiger partial charge in [-0.05, 0) is 47.7 Å². The van der Waals surface area contributed by atoms with Gasteiger partial charge < -0.3 is 5.11 Å². The van der Waals surface area contributed by atoms with Crippen molar-refractivity contribution in [1.29, 1.82) is 0 Å². The van der Waals surface area contributed by atoms with E-state index < -0.39 is 0 Å². The van der Waals surface area contributed by atoms with Gasteiger partial charge >= 0.3 is 0 Å². The summed E-state index contributed by atoms with van der Waals surface area (Å²) in [6, 6.07) is 16.7. The van der Waals surface area contributed by atoms with Crippen LogP contribution in [0.2, 0.25) is 0 Å². The van der Waals surface area contributed by atoms with E-state index in [1.807, 2.05) is 18.2 Å². The first kappa shape index (κ1) is 13.4. The fourth-order valence-electron chi connectivity index (χ4n) is 2.37. The van der Waals surface area contributed by atoms with Gasteiger partial charge in [0, 0.05) is 5.92 Å². The molecule has 4 nitrogen and oxygen atoms in total. The number of nitrogens with zero attached hydrogens (tertiary/aromatic N) is 1. The third-order valence-corrected chi connectivity index (χ3v) is 3.64. The third kappa shape index (κ3) is 3.28. The normalized spacial score (nSPS) is 20.4. The second-order valence-electron chi connectivity index (χ2n) is 5.19. The summed E-state index contributed by atoms with van der Waals surface area (Å²) >= 11 is 0. The molecule has 0 aliphatic heterocycles. The number of carbonyl (C=O) groups excluding carboxylic acids is 1. The Morgan fingerprint density at radius 1 is 1.14 bits per heavy atom. The van der Waals surface area contributed by atoms with Crippen LogP contribution in [0.3, 0.4) is 0 Å². The lowest BCUT2D eigenvalue weighted by Crippen LogP contribution is -2.20. The summed E-state index contributed by atoms with van der Waals surface area (Å²) in [6.07, 6.45) is 2.45. The monoisotopic (exact) mass is 280 g/mol. The van der Waals surface area contributed by atoms with Gasteiger partial charge in [-0.1, -0.05) is 30.3 Å². The van der Waals surface area contributed by atoms with Crippen LogP contribution in [0.25, 0.3) is 0 Å². The fourth-order valence-corrected chi connectivity index (χ4v) is 2.37. The van der Waals surface area contributed by atoms with Crippen LogP contribution in [0.1, 0.15) is 23.5 Å². The van der Waals surface area contributed by atoms with Crippen molar-refractivity contribution in [3.05, 3.63) is 65.7 Å². The van der Waals surface area contributed by atoms with E-state index in [2.05, 4.69) is 22.7 Å². The number of aromatic hydroxyl groups is 1. The highest BCUT2D eigenvalue weighted by Gasteiger charge is 2.43. The van der Waals surface area contributed by atoms with Crippen molar-refractivity contribution >= 4 is 12.1 Å². The van der Waals surface area contributed by atoms with Gasteiger partial charge in [0.25, 0.3) is 0 Å². The first-order valence-corrected chi connectivity index (χ1v) is 6.91. The zero-order valence-corrected chi connectivity index (χ0v) is 11.4. The molecule has 21 heavy (non-hydrogen) atoms. The molecule has 1 amide bonds. The van der Waals surface area contributed by atoms with Gasteiger partial charge in [-0.3, -0.25) is 4.79 Å². The van der Waals surface area contributed by atoms with Gasteiger partial charge in [0.15, 0.2) is 0 Å². The Hall–Kier alpha value is -2.62. The Bertz CT molecular complexity index is 650. The number of hydrogen-bond acceptors (Lipinski definition) is 3. The highest BCUT2D eigenvalue weighted by molar-refractivity contribution is 5.85. The Morgan fingerprint density at radius 3 is 2.57 bits per heavy atom. The highest BCUT2D eigenvalue weighted by Crippen LogP contribution is 2.47. The zero-order chi connectivity index (χ0) is 14.7. The van der Waals surface area contributed by atoms with Crippen molar-refractivity contribution in [3.63, 3.8) is 0 Å². The molecule has 1 saturated carbocycles. The number of benzene rings is 2. The predicted octanol–water partition coefficient (Wildman–Crippen LogP) is 2.65. The number of nitrogens with one attached hydrogen (secondary N) is 1. The number of carbonyl (C=O) groups is 1. The number of phenolic OH excluding ortho intramolecular Hbond substituents is 1. The number of phenols is 1. The Kier molecular flexibility index (Phi) is 3.69. The van der Waals surface area contributed by atoms with Gasteiger partial charge in [-0.15, -0.1) is 0 Å². The van der Waals surface area contributed by atoms with Crippen LogP contribution in [0.4, 0.5) is 0 Å². The first-order valence-electron chi connectivity index (χ1n) is 6.91. The summed E-state index contributed by atoms with van der Waals surface area (Å²) in [5, 5.41) is 13.1. The average molecular weight is 280 g/mol. The van der Waals surface area contributed by atoms with Crippen LogP contribution in [0, 0.1) is 5.92 Å². The van der Waals surface area contributed by atoms with Crippen molar-refractivity contribution in [2.45, 2.75) is 12.3 Å². The molecule has 0 bridgehead atoms. The Labute approximate surface area is 123 Å². The summed E-state index contributed by atoms with van der Waals surface area (Å²) in [5.41, 5.74) is 4.61. The summed E-state index contributed by atoms with van der Waals surface area (Å²) in [4.78, 5) is 12.0. The minimum atomic E-state index is -0.0427. The molecular weight excluding hydrogens is 264 g/mol. The van der Waals surface area contributed by atoms with E-state index in [1.54, 1.807) is 30.5 Å². The number of hydrogen-bond donors (Lipinski definition) is 2. The van der Waals surface area contributed by atoms with Crippen LogP contribution in [0.5, 0.6) is 5.75 Å². The summed E-state index contributed by atoms with van der Waals surface area (Å²) in [5.74, 6) is 0.498. The minimum absolute atomic E-state index is 0.0179. The van der Waals surface area contributed by atoms with E-state index in [4.69, 9.17) is 0 Å². The maximum Gasteiger partial charge on any atom is 0.243 e. The molecule has 2 aromatic carbocycles. The smallest absolute Gasteiger partial charge is 0.243 e. The van der Waals surface area contributed by atoms with Crippen LogP contribution in [-0.2, 0) is 4.79 Å². The second kappa shape index (κ2) is 5.79. The molecule has 0 radical (unpaired) electrons. The van der Waals surface area contributed by atoms with Crippen LogP contribution in [0.15, 0.2) is 59.7 Å². The Balaban J connectivity index is 1.53. The van der Waals surface area contributed by atoms with Gasteiger partial charge in [0.1, 0.15) is 5.75 Å². The van der Waals surface area contributed by atoms with Gasteiger partial charge in [-0.25, -0.2) is 5.43 Å². The lowest BCUT2D eigenvalue weighted by Gasteiger charge is -2.00. The molecule has 0 heterocycles. The number of amides is 1.